The fourth-order valence-electron chi connectivity index (χ4n) is 1.87. The Labute approximate surface area is 112 Å². The van der Waals surface area contributed by atoms with Crippen molar-refractivity contribution in [1.82, 2.24) is 4.90 Å². The number of amides is 1. The van der Waals surface area contributed by atoms with Gasteiger partial charge in [-0.3, -0.25) is 4.79 Å². The van der Waals surface area contributed by atoms with Crippen molar-refractivity contribution in [2.45, 2.75) is 24.9 Å². The molecule has 4 nitrogen and oxygen atoms in total. The predicted octanol–water partition coefficient (Wildman–Crippen LogP) is 2.33. The van der Waals surface area contributed by atoms with Crippen molar-refractivity contribution >= 4 is 28.3 Å². The van der Waals surface area contributed by atoms with Crippen molar-refractivity contribution in [3.8, 4) is 0 Å². The first-order valence-electron chi connectivity index (χ1n) is 5.45. The lowest BCUT2D eigenvalue weighted by molar-refractivity contribution is -0.147. The molecule has 2 rings (SSSR count). The summed E-state index contributed by atoms with van der Waals surface area (Å²) in [6.45, 7) is 0. The van der Waals surface area contributed by atoms with Gasteiger partial charge in [-0.15, -0.1) is 0 Å². The van der Waals surface area contributed by atoms with Gasteiger partial charge >= 0.3 is 5.97 Å². The van der Waals surface area contributed by atoms with E-state index in [4.69, 9.17) is 0 Å². The zero-order valence-corrected chi connectivity index (χ0v) is 10.9. The first kappa shape index (κ1) is 13.0. The monoisotopic (exact) mass is 315 g/mol. The lowest BCUT2D eigenvalue weighted by Gasteiger charge is -2.25. The molecule has 96 valence electrons. The number of aliphatic carboxylic acids is 1. The molecular formula is C12H11BrFNO3. The van der Waals surface area contributed by atoms with Gasteiger partial charge in [-0.2, -0.15) is 0 Å². The SMILES string of the molecule is O=CN(C1CC1)C(C(=O)O)c1ccc(F)cc1Br. The number of nitrogens with zero attached hydrogens (tertiary/aromatic N) is 1. The number of benzene rings is 1. The molecule has 1 aliphatic rings. The van der Waals surface area contributed by atoms with Crippen LogP contribution in [0.3, 0.4) is 0 Å². The van der Waals surface area contributed by atoms with Crippen LogP contribution < -0.4 is 0 Å². The molecule has 1 amide bonds. The Morgan fingerprint density at radius 1 is 1.56 bits per heavy atom. The second kappa shape index (κ2) is 5.06. The Kier molecular flexibility index (Phi) is 3.65. The molecule has 0 aliphatic heterocycles. The number of carbonyl (C=O) groups is 2. The van der Waals surface area contributed by atoms with Crippen molar-refractivity contribution in [2.24, 2.45) is 0 Å². The largest absolute Gasteiger partial charge is 0.479 e. The van der Waals surface area contributed by atoms with Crippen LogP contribution in [0.5, 0.6) is 0 Å². The van der Waals surface area contributed by atoms with Crippen LogP contribution in [0.2, 0.25) is 0 Å². The van der Waals surface area contributed by atoms with E-state index in [2.05, 4.69) is 15.9 Å². The summed E-state index contributed by atoms with van der Waals surface area (Å²) in [5.74, 6) is -1.58. The molecule has 0 aromatic heterocycles. The Morgan fingerprint density at radius 3 is 2.67 bits per heavy atom. The summed E-state index contributed by atoms with van der Waals surface area (Å²) in [6.07, 6.45) is 2.16. The van der Waals surface area contributed by atoms with E-state index < -0.39 is 17.8 Å². The van der Waals surface area contributed by atoms with Crippen molar-refractivity contribution in [3.63, 3.8) is 0 Å². The van der Waals surface area contributed by atoms with Crippen LogP contribution in [0.15, 0.2) is 22.7 Å². The molecule has 1 N–H and O–H groups in total. The third-order valence-electron chi connectivity index (χ3n) is 2.88. The van der Waals surface area contributed by atoms with E-state index >= 15 is 0 Å². The molecule has 1 aromatic rings. The van der Waals surface area contributed by atoms with Gasteiger partial charge in [-0.1, -0.05) is 22.0 Å². The average molecular weight is 316 g/mol. The number of halogens is 2. The Balaban J connectivity index is 2.40. The van der Waals surface area contributed by atoms with Gasteiger partial charge in [0, 0.05) is 16.1 Å². The molecule has 0 heterocycles. The van der Waals surface area contributed by atoms with E-state index in [0.717, 1.165) is 12.8 Å². The Bertz CT molecular complexity index is 490. The number of carboxylic acid groups (broad SMARTS) is 1. The van der Waals surface area contributed by atoms with E-state index in [1.54, 1.807) is 0 Å². The number of carboxylic acids is 1. The van der Waals surface area contributed by atoms with Gasteiger partial charge in [0.15, 0.2) is 6.04 Å². The Morgan fingerprint density at radius 2 is 2.22 bits per heavy atom. The maximum Gasteiger partial charge on any atom is 0.331 e. The third kappa shape index (κ3) is 2.53. The minimum Gasteiger partial charge on any atom is -0.479 e. The highest BCUT2D eigenvalue weighted by Gasteiger charge is 2.38. The van der Waals surface area contributed by atoms with Crippen LogP contribution in [-0.2, 0) is 9.59 Å². The second-order valence-corrected chi connectivity index (χ2v) is 5.04. The van der Waals surface area contributed by atoms with E-state index in [-0.39, 0.29) is 6.04 Å². The van der Waals surface area contributed by atoms with Gasteiger partial charge in [0.2, 0.25) is 6.41 Å². The molecule has 18 heavy (non-hydrogen) atoms. The molecule has 1 aromatic carbocycles. The second-order valence-electron chi connectivity index (χ2n) is 4.19. The minimum absolute atomic E-state index is 0.0273. The molecule has 1 aliphatic carbocycles. The van der Waals surface area contributed by atoms with Gasteiger partial charge in [-0.25, -0.2) is 9.18 Å². The highest BCUT2D eigenvalue weighted by molar-refractivity contribution is 9.10. The van der Waals surface area contributed by atoms with Crippen LogP contribution in [0, 0.1) is 5.82 Å². The van der Waals surface area contributed by atoms with Crippen LogP contribution in [-0.4, -0.2) is 28.4 Å². The first-order valence-corrected chi connectivity index (χ1v) is 6.24. The fraction of sp³-hybridized carbons (Fsp3) is 0.333. The zero-order chi connectivity index (χ0) is 13.3. The number of hydrogen-bond donors (Lipinski definition) is 1. The molecule has 0 spiro atoms. The molecule has 1 atom stereocenters. The van der Waals surface area contributed by atoms with Gasteiger partial charge in [0.05, 0.1) is 0 Å². The van der Waals surface area contributed by atoms with Crippen molar-refractivity contribution < 1.29 is 19.1 Å². The maximum absolute atomic E-state index is 13.0. The maximum atomic E-state index is 13.0. The van der Waals surface area contributed by atoms with Crippen LogP contribution >= 0.6 is 15.9 Å². The highest BCUT2D eigenvalue weighted by Crippen LogP contribution is 2.36. The lowest BCUT2D eigenvalue weighted by atomic mass is 10.1. The topological polar surface area (TPSA) is 57.6 Å². The number of carbonyl (C=O) groups excluding carboxylic acids is 1. The first-order chi connectivity index (χ1) is 8.54. The highest BCUT2D eigenvalue weighted by atomic mass is 79.9. The fourth-order valence-corrected chi connectivity index (χ4v) is 2.44. The van der Waals surface area contributed by atoms with Crippen LogP contribution in [0.25, 0.3) is 0 Å². The van der Waals surface area contributed by atoms with Gasteiger partial charge < -0.3 is 10.0 Å². The normalized spacial score (nSPS) is 16.1. The van der Waals surface area contributed by atoms with Gasteiger partial charge in [0.25, 0.3) is 0 Å². The summed E-state index contributed by atoms with van der Waals surface area (Å²) in [5, 5.41) is 9.28. The molecule has 0 bridgehead atoms. The molecule has 1 unspecified atom stereocenters. The smallest absolute Gasteiger partial charge is 0.331 e. The predicted molar refractivity (Wildman–Crippen MR) is 65.4 cm³/mol. The third-order valence-corrected chi connectivity index (χ3v) is 3.57. The molecule has 1 fully saturated rings. The molecule has 6 heteroatoms. The van der Waals surface area contributed by atoms with E-state index in [1.807, 2.05) is 0 Å². The summed E-state index contributed by atoms with van der Waals surface area (Å²) in [4.78, 5) is 23.7. The quantitative estimate of drug-likeness (QED) is 0.848. The number of rotatable bonds is 5. The number of hydrogen-bond acceptors (Lipinski definition) is 2. The minimum atomic E-state index is -1.12. The van der Waals surface area contributed by atoms with Crippen molar-refractivity contribution in [2.75, 3.05) is 0 Å². The summed E-state index contributed by atoms with van der Waals surface area (Å²) in [6, 6.07) is 2.66. The standard InChI is InChI=1S/C12H11BrFNO3/c13-10-5-7(14)1-4-9(10)11(12(17)18)15(6-16)8-2-3-8/h1,4-6,8,11H,2-3H2,(H,17,18). The zero-order valence-electron chi connectivity index (χ0n) is 9.35. The van der Waals surface area contributed by atoms with Gasteiger partial charge in [-0.05, 0) is 25.0 Å². The van der Waals surface area contributed by atoms with Crippen LogP contribution in [0.1, 0.15) is 24.4 Å². The molecule has 0 saturated heterocycles. The van der Waals surface area contributed by atoms with Gasteiger partial charge in [0.1, 0.15) is 5.82 Å². The van der Waals surface area contributed by atoms with E-state index in [1.165, 1.54) is 23.1 Å². The summed E-state index contributed by atoms with van der Waals surface area (Å²) in [5.41, 5.74) is 0.378. The average Bonchev–Trinajstić information content (AvgIpc) is 3.10. The van der Waals surface area contributed by atoms with Crippen molar-refractivity contribution in [1.29, 1.82) is 0 Å². The summed E-state index contributed by atoms with van der Waals surface area (Å²) < 4.78 is 13.4. The molecule has 0 radical (unpaired) electrons. The molecular weight excluding hydrogens is 305 g/mol. The molecule has 1 saturated carbocycles. The van der Waals surface area contributed by atoms with E-state index in [0.29, 0.717) is 16.4 Å². The van der Waals surface area contributed by atoms with Crippen molar-refractivity contribution in [3.05, 3.63) is 34.1 Å². The van der Waals surface area contributed by atoms with E-state index in [9.17, 15) is 19.1 Å². The van der Waals surface area contributed by atoms with Crippen LogP contribution in [0.4, 0.5) is 4.39 Å². The Hall–Kier alpha value is -1.43. The summed E-state index contributed by atoms with van der Waals surface area (Å²) in [7, 11) is 0. The summed E-state index contributed by atoms with van der Waals surface area (Å²) >= 11 is 3.14. The lowest BCUT2D eigenvalue weighted by Crippen LogP contribution is -2.35.